The zero-order valence-corrected chi connectivity index (χ0v) is 13.6. The fourth-order valence-electron chi connectivity index (χ4n) is 2.66. The van der Waals surface area contributed by atoms with Crippen molar-refractivity contribution in [3.8, 4) is 0 Å². The summed E-state index contributed by atoms with van der Waals surface area (Å²) >= 11 is 0. The van der Waals surface area contributed by atoms with Gasteiger partial charge in [0.1, 0.15) is 0 Å². The lowest BCUT2D eigenvalue weighted by Crippen LogP contribution is -2.52. The minimum absolute atomic E-state index is 0.323. The van der Waals surface area contributed by atoms with E-state index in [1.807, 2.05) is 60.7 Å². The van der Waals surface area contributed by atoms with Crippen LogP contribution in [0.1, 0.15) is 12.0 Å². The molecule has 0 fully saturated rings. The molecule has 1 atom stereocenters. The Labute approximate surface area is 141 Å². The number of hydrogen-bond donors (Lipinski definition) is 3. The molecule has 0 aliphatic carbocycles. The van der Waals surface area contributed by atoms with Gasteiger partial charge in [0.15, 0.2) is 11.6 Å². The number of nitrogens with one attached hydrogen (secondary N) is 2. The van der Waals surface area contributed by atoms with Gasteiger partial charge in [0.25, 0.3) is 0 Å². The van der Waals surface area contributed by atoms with Crippen molar-refractivity contribution in [2.45, 2.75) is 12.1 Å². The van der Waals surface area contributed by atoms with E-state index >= 15 is 0 Å². The molecule has 1 aliphatic heterocycles. The topological polar surface area (TPSA) is 84.0 Å². The molecule has 0 radical (unpaired) electrons. The van der Waals surface area contributed by atoms with E-state index in [9.17, 15) is 0 Å². The van der Waals surface area contributed by atoms with Crippen LogP contribution >= 0.6 is 0 Å². The second-order valence-electron chi connectivity index (χ2n) is 5.52. The highest BCUT2D eigenvalue weighted by Gasteiger charge is 2.35. The molecule has 2 aromatic carbocycles. The number of nitrogens with zero attached hydrogens (tertiary/aromatic N) is 2. The molecule has 0 aromatic heterocycles. The van der Waals surface area contributed by atoms with Gasteiger partial charge in [-0.1, -0.05) is 48.5 Å². The minimum Gasteiger partial charge on any atom is -0.385 e. The Balaban J connectivity index is 1.97. The summed E-state index contributed by atoms with van der Waals surface area (Å²) in [5, 5.41) is 6.43. The lowest BCUT2D eigenvalue weighted by atomic mass is 9.96. The molecule has 4 N–H and O–H groups in total. The summed E-state index contributed by atoms with van der Waals surface area (Å²) in [5.74, 6) is 0.792. The largest absolute Gasteiger partial charge is 0.385 e. The first-order valence-corrected chi connectivity index (χ1v) is 7.80. The van der Waals surface area contributed by atoms with E-state index in [2.05, 4.69) is 15.6 Å². The number of anilines is 1. The van der Waals surface area contributed by atoms with Gasteiger partial charge in [-0.25, -0.2) is 4.99 Å². The summed E-state index contributed by atoms with van der Waals surface area (Å²) in [6.07, 6.45) is 0.629. The van der Waals surface area contributed by atoms with E-state index in [4.69, 9.17) is 15.5 Å². The highest BCUT2D eigenvalue weighted by Crippen LogP contribution is 2.29. The number of benzene rings is 2. The zero-order valence-electron chi connectivity index (χ0n) is 13.6. The maximum Gasteiger partial charge on any atom is 0.228 e. The normalized spacial score (nSPS) is 19.9. The van der Waals surface area contributed by atoms with Crippen LogP contribution in [-0.2, 0) is 10.4 Å². The summed E-state index contributed by atoms with van der Waals surface area (Å²) in [6.45, 7) is 0.539. The first-order valence-electron chi connectivity index (χ1n) is 7.80. The van der Waals surface area contributed by atoms with Crippen LogP contribution in [0.3, 0.4) is 0 Å². The molecule has 6 nitrogen and oxygen atoms in total. The van der Waals surface area contributed by atoms with E-state index < -0.39 is 5.66 Å². The molecule has 0 saturated heterocycles. The van der Waals surface area contributed by atoms with Gasteiger partial charge in [-0.2, -0.15) is 4.99 Å². The predicted octanol–water partition coefficient (Wildman–Crippen LogP) is 2.26. The van der Waals surface area contributed by atoms with E-state index in [0.717, 1.165) is 11.3 Å². The molecule has 0 spiro atoms. The van der Waals surface area contributed by atoms with Crippen molar-refractivity contribution in [3.63, 3.8) is 0 Å². The standard InChI is InChI=1S/C18H21N5O/c1-24-13-12-18(14-8-4-2-5-9-14)22-16(19)21-17(23-18)20-15-10-6-3-7-11-15/h2-11H,12-13H2,1H3,(H4,19,20,21,22,23). The Morgan fingerprint density at radius 3 is 2.42 bits per heavy atom. The maximum atomic E-state index is 6.04. The second kappa shape index (κ2) is 7.14. The Kier molecular flexibility index (Phi) is 4.77. The van der Waals surface area contributed by atoms with Crippen molar-refractivity contribution in [2.75, 3.05) is 19.0 Å². The van der Waals surface area contributed by atoms with Crippen LogP contribution in [0.15, 0.2) is 70.6 Å². The molecular weight excluding hydrogens is 302 g/mol. The Bertz CT molecular complexity index is 730. The van der Waals surface area contributed by atoms with E-state index in [-0.39, 0.29) is 0 Å². The number of methoxy groups -OCH3 is 1. The molecule has 1 unspecified atom stereocenters. The Morgan fingerprint density at radius 1 is 1.08 bits per heavy atom. The number of nitrogens with two attached hydrogens (primary N) is 1. The Morgan fingerprint density at radius 2 is 1.75 bits per heavy atom. The average molecular weight is 323 g/mol. The molecule has 1 aliphatic rings. The van der Waals surface area contributed by atoms with Crippen molar-refractivity contribution in [1.82, 2.24) is 5.32 Å². The number of ether oxygens (including phenoxy) is 1. The molecule has 1 heterocycles. The second-order valence-corrected chi connectivity index (χ2v) is 5.52. The van der Waals surface area contributed by atoms with Crippen LogP contribution in [0.4, 0.5) is 5.69 Å². The summed E-state index contributed by atoms with van der Waals surface area (Å²) in [4.78, 5) is 9.10. The van der Waals surface area contributed by atoms with Crippen molar-refractivity contribution in [1.29, 1.82) is 0 Å². The molecule has 0 amide bonds. The van der Waals surface area contributed by atoms with Gasteiger partial charge in [0.2, 0.25) is 5.96 Å². The third-order valence-electron chi connectivity index (χ3n) is 3.81. The van der Waals surface area contributed by atoms with Gasteiger partial charge < -0.3 is 21.1 Å². The minimum atomic E-state index is -0.708. The molecule has 2 aromatic rings. The number of hydrogen-bond acceptors (Lipinski definition) is 6. The number of rotatable bonds is 5. The summed E-state index contributed by atoms with van der Waals surface area (Å²) in [5.41, 5.74) is 7.25. The number of para-hydroxylation sites is 1. The highest BCUT2D eigenvalue weighted by atomic mass is 16.5. The van der Waals surface area contributed by atoms with Gasteiger partial charge in [-0.05, 0) is 17.7 Å². The van der Waals surface area contributed by atoms with Gasteiger partial charge in [0.05, 0.1) is 6.61 Å². The molecule has 3 rings (SSSR count). The van der Waals surface area contributed by atoms with E-state index in [0.29, 0.717) is 24.9 Å². The smallest absolute Gasteiger partial charge is 0.228 e. The lowest BCUT2D eigenvalue weighted by Gasteiger charge is -2.34. The van der Waals surface area contributed by atoms with Crippen molar-refractivity contribution < 1.29 is 4.74 Å². The molecule has 6 heteroatoms. The quantitative estimate of drug-likeness (QED) is 0.788. The van der Waals surface area contributed by atoms with Crippen LogP contribution in [0.5, 0.6) is 0 Å². The molecule has 124 valence electrons. The van der Waals surface area contributed by atoms with Crippen LogP contribution in [0, 0.1) is 0 Å². The number of aliphatic imine (C=N–C) groups is 2. The van der Waals surface area contributed by atoms with Crippen LogP contribution in [0.2, 0.25) is 0 Å². The molecule has 0 saturated carbocycles. The highest BCUT2D eigenvalue weighted by molar-refractivity contribution is 6.03. The third-order valence-corrected chi connectivity index (χ3v) is 3.81. The van der Waals surface area contributed by atoms with Crippen molar-refractivity contribution in [3.05, 3.63) is 66.2 Å². The van der Waals surface area contributed by atoms with Gasteiger partial charge >= 0.3 is 0 Å². The fourth-order valence-corrected chi connectivity index (χ4v) is 2.66. The summed E-state index contributed by atoms with van der Waals surface area (Å²) < 4.78 is 5.27. The van der Waals surface area contributed by atoms with Crippen LogP contribution in [-0.4, -0.2) is 25.6 Å². The van der Waals surface area contributed by atoms with Gasteiger partial charge in [0, 0.05) is 19.2 Å². The average Bonchev–Trinajstić information content (AvgIpc) is 2.61. The lowest BCUT2D eigenvalue weighted by molar-refractivity contribution is 0.163. The summed E-state index contributed by atoms with van der Waals surface area (Å²) in [6, 6.07) is 19.7. The SMILES string of the molecule is COCCC1(c2ccccc2)N=C(Nc2ccccc2)N=C(N)N1. The fraction of sp³-hybridized carbons (Fsp3) is 0.222. The van der Waals surface area contributed by atoms with E-state index in [1.165, 1.54) is 0 Å². The molecule has 24 heavy (non-hydrogen) atoms. The maximum absolute atomic E-state index is 6.04. The third kappa shape index (κ3) is 3.55. The monoisotopic (exact) mass is 323 g/mol. The van der Waals surface area contributed by atoms with Crippen molar-refractivity contribution >= 4 is 17.6 Å². The number of guanidine groups is 2. The van der Waals surface area contributed by atoms with Crippen LogP contribution < -0.4 is 16.4 Å². The zero-order chi connectivity index (χ0) is 16.8. The van der Waals surface area contributed by atoms with Crippen LogP contribution in [0.25, 0.3) is 0 Å². The van der Waals surface area contributed by atoms with Gasteiger partial charge in [-0.15, -0.1) is 0 Å². The first-order chi connectivity index (χ1) is 11.7. The first kappa shape index (κ1) is 16.0. The molecule has 0 bridgehead atoms. The summed E-state index contributed by atoms with van der Waals surface area (Å²) in [7, 11) is 1.67. The van der Waals surface area contributed by atoms with E-state index in [1.54, 1.807) is 7.11 Å². The van der Waals surface area contributed by atoms with Crippen molar-refractivity contribution in [2.24, 2.45) is 15.7 Å². The Hall–Kier alpha value is -2.86. The predicted molar refractivity (Wildman–Crippen MR) is 96.9 cm³/mol. The van der Waals surface area contributed by atoms with Gasteiger partial charge in [-0.3, -0.25) is 0 Å². The molecular formula is C18H21N5O.